The summed E-state index contributed by atoms with van der Waals surface area (Å²) in [6.45, 7) is 1.38. The number of nitrogens with zero attached hydrogens (tertiary/aromatic N) is 2. The third kappa shape index (κ3) is 3.11. The quantitative estimate of drug-likeness (QED) is 0.843. The van der Waals surface area contributed by atoms with Gasteiger partial charge in [-0.1, -0.05) is 11.2 Å². The molecule has 0 aromatic carbocycles. The van der Waals surface area contributed by atoms with Gasteiger partial charge in [-0.15, -0.1) is 0 Å². The first-order valence-electron chi connectivity index (χ1n) is 5.62. The van der Waals surface area contributed by atoms with Crippen LogP contribution in [-0.2, 0) is 13.1 Å². The van der Waals surface area contributed by atoms with Crippen LogP contribution in [0.15, 0.2) is 22.2 Å². The average Bonchev–Trinajstić information content (AvgIpc) is 2.76. The molecule has 0 spiro atoms. The Morgan fingerprint density at radius 3 is 2.72 bits per heavy atom. The molecule has 1 aliphatic heterocycles. The van der Waals surface area contributed by atoms with E-state index in [4.69, 9.17) is 10.3 Å². The molecule has 1 aromatic rings. The summed E-state index contributed by atoms with van der Waals surface area (Å²) in [6.07, 6.45) is -2.96. The lowest BCUT2D eigenvalue weighted by Gasteiger charge is -2.25. The van der Waals surface area contributed by atoms with Gasteiger partial charge in [0.05, 0.1) is 12.2 Å². The highest BCUT2D eigenvalue weighted by atomic mass is 19.4. The lowest BCUT2D eigenvalue weighted by molar-refractivity contribution is -0.0961. The Hall–Kier alpha value is -1.34. The summed E-state index contributed by atoms with van der Waals surface area (Å²) in [5.41, 5.74) is 5.59. The van der Waals surface area contributed by atoms with E-state index >= 15 is 0 Å². The molecule has 0 amide bonds. The molecule has 4 nitrogen and oxygen atoms in total. The van der Waals surface area contributed by atoms with Gasteiger partial charge in [0, 0.05) is 31.3 Å². The third-order valence-corrected chi connectivity index (χ3v) is 2.85. The van der Waals surface area contributed by atoms with Crippen LogP contribution in [-0.4, -0.2) is 29.3 Å². The molecule has 0 atom stereocenters. The lowest BCUT2D eigenvalue weighted by atomic mass is 10.1. The molecule has 0 bridgehead atoms. The van der Waals surface area contributed by atoms with Crippen molar-refractivity contribution in [2.45, 2.75) is 25.7 Å². The molecule has 7 heteroatoms. The van der Waals surface area contributed by atoms with E-state index in [-0.39, 0.29) is 13.0 Å². The van der Waals surface area contributed by atoms with Crippen molar-refractivity contribution in [3.8, 4) is 0 Å². The summed E-state index contributed by atoms with van der Waals surface area (Å²) in [7, 11) is 0. The minimum Gasteiger partial charge on any atom is -0.360 e. The molecular formula is C11H14F3N3O. The van der Waals surface area contributed by atoms with Gasteiger partial charge < -0.3 is 10.3 Å². The summed E-state index contributed by atoms with van der Waals surface area (Å²) in [6, 6.07) is 1.73. The third-order valence-electron chi connectivity index (χ3n) is 2.85. The van der Waals surface area contributed by atoms with Gasteiger partial charge in [0.25, 0.3) is 0 Å². The second kappa shape index (κ2) is 5.11. The van der Waals surface area contributed by atoms with Crippen LogP contribution in [0.2, 0.25) is 0 Å². The van der Waals surface area contributed by atoms with Crippen molar-refractivity contribution < 1.29 is 17.7 Å². The van der Waals surface area contributed by atoms with E-state index in [0.717, 1.165) is 0 Å². The fraction of sp³-hybridized carbons (Fsp3) is 0.545. The highest BCUT2D eigenvalue weighted by Gasteiger charge is 2.34. The maximum Gasteiger partial charge on any atom is 0.412 e. The van der Waals surface area contributed by atoms with Crippen molar-refractivity contribution in [3.63, 3.8) is 0 Å². The molecular weight excluding hydrogens is 247 g/mol. The minimum atomic E-state index is -4.20. The lowest BCUT2D eigenvalue weighted by Crippen LogP contribution is -2.31. The molecule has 100 valence electrons. The van der Waals surface area contributed by atoms with E-state index in [2.05, 4.69) is 5.16 Å². The molecule has 1 aromatic heterocycles. The average molecular weight is 261 g/mol. The standard InChI is InChI=1S/C11H14F3N3O/c12-11(13,14)8-1-3-17(4-2-8)7-10-5-9(6-15)16-18-10/h1,5H,2-4,6-7,15H2. The van der Waals surface area contributed by atoms with Gasteiger partial charge in [0.15, 0.2) is 5.76 Å². The fourth-order valence-corrected chi connectivity index (χ4v) is 1.86. The zero-order valence-electron chi connectivity index (χ0n) is 9.70. The molecule has 0 unspecified atom stereocenters. The molecule has 0 saturated heterocycles. The molecule has 2 heterocycles. The molecule has 0 saturated carbocycles. The summed E-state index contributed by atoms with van der Waals surface area (Å²) >= 11 is 0. The first-order chi connectivity index (χ1) is 8.49. The smallest absolute Gasteiger partial charge is 0.360 e. The zero-order chi connectivity index (χ0) is 13.2. The van der Waals surface area contributed by atoms with Crippen LogP contribution < -0.4 is 5.73 Å². The van der Waals surface area contributed by atoms with Crippen molar-refractivity contribution >= 4 is 0 Å². The largest absolute Gasteiger partial charge is 0.412 e. The summed E-state index contributed by atoms with van der Waals surface area (Å²) < 4.78 is 42.3. The Morgan fingerprint density at radius 2 is 2.22 bits per heavy atom. The van der Waals surface area contributed by atoms with E-state index in [1.54, 1.807) is 6.07 Å². The molecule has 0 fully saturated rings. The van der Waals surface area contributed by atoms with Gasteiger partial charge in [-0.05, 0) is 6.42 Å². The zero-order valence-corrected chi connectivity index (χ0v) is 9.70. The minimum absolute atomic E-state index is 0.0153. The maximum absolute atomic E-state index is 12.4. The van der Waals surface area contributed by atoms with E-state index in [1.807, 2.05) is 4.90 Å². The summed E-state index contributed by atoms with van der Waals surface area (Å²) in [4.78, 5) is 1.87. The SMILES string of the molecule is NCc1cc(CN2CC=C(C(F)(F)F)CC2)on1. The summed E-state index contributed by atoms with van der Waals surface area (Å²) in [5.74, 6) is 0.624. The van der Waals surface area contributed by atoms with Gasteiger partial charge in [0.1, 0.15) is 0 Å². The number of rotatable bonds is 3. The first kappa shape index (κ1) is 13.1. The Labute approximate surface area is 102 Å². The Bertz CT molecular complexity index is 439. The molecule has 0 aliphatic carbocycles. The van der Waals surface area contributed by atoms with Crippen molar-refractivity contribution in [2.24, 2.45) is 5.73 Å². The van der Waals surface area contributed by atoms with Crippen molar-refractivity contribution in [2.75, 3.05) is 13.1 Å². The normalized spacial score (nSPS) is 17.9. The second-order valence-electron chi connectivity index (χ2n) is 4.20. The first-order valence-corrected chi connectivity index (χ1v) is 5.62. The maximum atomic E-state index is 12.4. The number of hydrogen-bond donors (Lipinski definition) is 1. The molecule has 2 N–H and O–H groups in total. The number of nitrogens with two attached hydrogens (primary N) is 1. The summed E-state index contributed by atoms with van der Waals surface area (Å²) in [5, 5.41) is 3.73. The molecule has 0 radical (unpaired) electrons. The van der Waals surface area contributed by atoms with E-state index in [9.17, 15) is 13.2 Å². The van der Waals surface area contributed by atoms with E-state index < -0.39 is 11.7 Å². The predicted octanol–water partition coefficient (Wildman–Crippen LogP) is 1.83. The van der Waals surface area contributed by atoms with Gasteiger partial charge in [-0.25, -0.2) is 0 Å². The highest BCUT2D eigenvalue weighted by Crippen LogP contribution is 2.30. The second-order valence-corrected chi connectivity index (χ2v) is 4.20. The Morgan fingerprint density at radius 1 is 1.44 bits per heavy atom. The van der Waals surface area contributed by atoms with Crippen LogP contribution in [0.3, 0.4) is 0 Å². The van der Waals surface area contributed by atoms with Gasteiger partial charge in [-0.3, -0.25) is 4.90 Å². The molecule has 2 rings (SSSR count). The molecule has 1 aliphatic rings. The van der Waals surface area contributed by atoms with Crippen molar-refractivity contribution in [3.05, 3.63) is 29.2 Å². The number of halogens is 3. The van der Waals surface area contributed by atoms with Gasteiger partial charge >= 0.3 is 6.18 Å². The fourth-order valence-electron chi connectivity index (χ4n) is 1.86. The highest BCUT2D eigenvalue weighted by molar-refractivity contribution is 5.14. The Balaban J connectivity index is 1.92. The predicted molar refractivity (Wildman–Crippen MR) is 58.4 cm³/mol. The topological polar surface area (TPSA) is 55.3 Å². The van der Waals surface area contributed by atoms with Crippen LogP contribution in [0.5, 0.6) is 0 Å². The van der Waals surface area contributed by atoms with Crippen LogP contribution in [0.25, 0.3) is 0 Å². The molecule has 18 heavy (non-hydrogen) atoms. The number of aromatic nitrogens is 1. The van der Waals surface area contributed by atoms with E-state index in [1.165, 1.54) is 6.08 Å². The van der Waals surface area contributed by atoms with Crippen molar-refractivity contribution in [1.82, 2.24) is 10.1 Å². The number of alkyl halides is 3. The van der Waals surface area contributed by atoms with Crippen LogP contribution in [0.1, 0.15) is 17.9 Å². The van der Waals surface area contributed by atoms with Crippen molar-refractivity contribution in [1.29, 1.82) is 0 Å². The van der Waals surface area contributed by atoms with Crippen LogP contribution >= 0.6 is 0 Å². The van der Waals surface area contributed by atoms with Crippen LogP contribution in [0, 0.1) is 0 Å². The van der Waals surface area contributed by atoms with E-state index in [0.29, 0.717) is 31.1 Å². The van der Waals surface area contributed by atoms with Gasteiger partial charge in [-0.2, -0.15) is 13.2 Å². The number of hydrogen-bond acceptors (Lipinski definition) is 4. The monoisotopic (exact) mass is 261 g/mol. The Kier molecular flexibility index (Phi) is 3.72. The van der Waals surface area contributed by atoms with Crippen LogP contribution in [0.4, 0.5) is 13.2 Å². The van der Waals surface area contributed by atoms with Gasteiger partial charge in [0.2, 0.25) is 0 Å².